The fourth-order valence-electron chi connectivity index (χ4n) is 3.49. The summed E-state index contributed by atoms with van der Waals surface area (Å²) in [6.07, 6.45) is 3.61. The number of allylic oxidation sites excluding steroid dienone is 1. The van der Waals surface area contributed by atoms with Gasteiger partial charge < -0.3 is 9.30 Å². The van der Waals surface area contributed by atoms with Crippen LogP contribution in [0.3, 0.4) is 0 Å². The van der Waals surface area contributed by atoms with Gasteiger partial charge in [-0.3, -0.25) is 9.80 Å². The minimum Gasteiger partial charge on any atom is -0.497 e. The molecule has 0 aliphatic carbocycles. The third-order valence-corrected chi connectivity index (χ3v) is 6.58. The Hall–Kier alpha value is -2.33. The molecule has 0 atom stereocenters. The zero-order valence-corrected chi connectivity index (χ0v) is 18.7. The van der Waals surface area contributed by atoms with E-state index in [-0.39, 0.29) is 0 Å². The Labute approximate surface area is 185 Å². The first kappa shape index (κ1) is 20.9. The molecule has 0 amide bonds. The Morgan fingerprint density at radius 3 is 2.60 bits per heavy atom. The van der Waals surface area contributed by atoms with Crippen molar-refractivity contribution in [3.8, 4) is 16.3 Å². The van der Waals surface area contributed by atoms with Crippen LogP contribution in [0.2, 0.25) is 0 Å². The van der Waals surface area contributed by atoms with Crippen LogP contribution in [0.1, 0.15) is 5.69 Å². The van der Waals surface area contributed by atoms with Crippen molar-refractivity contribution in [2.45, 2.75) is 19.8 Å². The molecule has 3 heterocycles. The summed E-state index contributed by atoms with van der Waals surface area (Å²) < 4.78 is 9.79. The van der Waals surface area contributed by atoms with Crippen molar-refractivity contribution in [1.82, 2.24) is 29.1 Å². The second-order valence-corrected chi connectivity index (χ2v) is 8.49. The third-order valence-electron chi connectivity index (χ3n) is 5.20. The van der Waals surface area contributed by atoms with Gasteiger partial charge in [0.1, 0.15) is 17.1 Å². The minimum atomic E-state index is 0.693. The van der Waals surface area contributed by atoms with Gasteiger partial charge in [-0.1, -0.05) is 6.08 Å². The second kappa shape index (κ2) is 9.65. The standard InChI is InChI=1S/C21H26N6OS2/c1-3-8-26-15-22-27(21(26)29)16-25-11-9-24(10-12-25)13-18-14-30-20(23-18)17-4-6-19(28-2)7-5-17/h3-7,14-15H,1,8-13,16H2,2H3. The summed E-state index contributed by atoms with van der Waals surface area (Å²) in [4.78, 5) is 9.68. The van der Waals surface area contributed by atoms with Crippen LogP contribution in [-0.2, 0) is 19.8 Å². The third kappa shape index (κ3) is 4.86. The maximum Gasteiger partial charge on any atom is 0.199 e. The molecule has 158 valence electrons. The van der Waals surface area contributed by atoms with Crippen LogP contribution < -0.4 is 4.74 Å². The summed E-state index contributed by atoms with van der Waals surface area (Å²) in [6.45, 7) is 10.1. The van der Waals surface area contributed by atoms with Crippen LogP contribution in [0.5, 0.6) is 5.75 Å². The van der Waals surface area contributed by atoms with E-state index in [2.05, 4.69) is 39.0 Å². The number of benzene rings is 1. The molecule has 1 fully saturated rings. The Kier molecular flexibility index (Phi) is 6.73. The van der Waals surface area contributed by atoms with Gasteiger partial charge in [-0.2, -0.15) is 5.10 Å². The van der Waals surface area contributed by atoms with E-state index in [9.17, 15) is 0 Å². The van der Waals surface area contributed by atoms with Gasteiger partial charge in [0.25, 0.3) is 0 Å². The molecule has 1 aromatic carbocycles. The molecule has 0 spiro atoms. The van der Waals surface area contributed by atoms with E-state index in [4.69, 9.17) is 21.9 Å². The molecule has 7 nitrogen and oxygen atoms in total. The van der Waals surface area contributed by atoms with Crippen LogP contribution in [0.4, 0.5) is 0 Å². The lowest BCUT2D eigenvalue weighted by atomic mass is 10.2. The summed E-state index contributed by atoms with van der Waals surface area (Å²) in [7, 11) is 1.68. The number of rotatable bonds is 8. The number of nitrogens with zero attached hydrogens (tertiary/aromatic N) is 6. The lowest BCUT2D eigenvalue weighted by Crippen LogP contribution is -2.46. The Morgan fingerprint density at radius 2 is 1.90 bits per heavy atom. The van der Waals surface area contributed by atoms with Gasteiger partial charge in [0.05, 0.1) is 19.5 Å². The van der Waals surface area contributed by atoms with Crippen molar-refractivity contribution in [3.05, 3.63) is 59.1 Å². The van der Waals surface area contributed by atoms with Gasteiger partial charge in [0.15, 0.2) is 4.77 Å². The molecule has 3 aromatic rings. The zero-order valence-electron chi connectivity index (χ0n) is 17.1. The summed E-state index contributed by atoms with van der Waals surface area (Å²) in [6, 6.07) is 8.06. The summed E-state index contributed by atoms with van der Waals surface area (Å²) >= 11 is 7.18. The zero-order chi connectivity index (χ0) is 20.9. The minimum absolute atomic E-state index is 0.693. The molecule has 2 aromatic heterocycles. The number of thiazole rings is 1. The lowest BCUT2D eigenvalue weighted by molar-refractivity contribution is 0.0974. The maximum atomic E-state index is 5.49. The monoisotopic (exact) mass is 442 g/mol. The lowest BCUT2D eigenvalue weighted by Gasteiger charge is -2.34. The summed E-state index contributed by atoms with van der Waals surface area (Å²) in [5, 5.41) is 7.63. The first-order chi connectivity index (χ1) is 14.7. The van der Waals surface area contributed by atoms with Crippen LogP contribution in [0.15, 0.2) is 48.6 Å². The molecule has 9 heteroatoms. The van der Waals surface area contributed by atoms with Crippen molar-refractivity contribution < 1.29 is 4.74 Å². The first-order valence-electron chi connectivity index (χ1n) is 9.93. The molecule has 0 bridgehead atoms. The molecule has 0 N–H and O–H groups in total. The Morgan fingerprint density at radius 1 is 1.17 bits per heavy atom. The van der Waals surface area contributed by atoms with Crippen LogP contribution in [0, 0.1) is 4.77 Å². The number of hydrogen-bond acceptors (Lipinski definition) is 7. The number of aromatic nitrogens is 4. The molecule has 0 radical (unpaired) electrons. The van der Waals surface area contributed by atoms with Gasteiger partial charge in [0.2, 0.25) is 0 Å². The van der Waals surface area contributed by atoms with E-state index in [1.54, 1.807) is 24.8 Å². The highest BCUT2D eigenvalue weighted by Crippen LogP contribution is 2.26. The number of hydrogen-bond donors (Lipinski definition) is 0. The van der Waals surface area contributed by atoms with E-state index < -0.39 is 0 Å². The van der Waals surface area contributed by atoms with Crippen molar-refractivity contribution in [2.75, 3.05) is 33.3 Å². The van der Waals surface area contributed by atoms with Crippen molar-refractivity contribution in [3.63, 3.8) is 0 Å². The van der Waals surface area contributed by atoms with Crippen LogP contribution in [-0.4, -0.2) is 62.4 Å². The predicted octanol–water partition coefficient (Wildman–Crippen LogP) is 3.51. The maximum absolute atomic E-state index is 5.49. The Balaban J connectivity index is 1.29. The van der Waals surface area contributed by atoms with Crippen LogP contribution in [0.25, 0.3) is 10.6 Å². The highest BCUT2D eigenvalue weighted by molar-refractivity contribution is 7.71. The SMILES string of the molecule is C=CCn1cnn(CN2CCN(Cc3csc(-c4ccc(OC)cc4)n3)CC2)c1=S. The predicted molar refractivity (Wildman–Crippen MR) is 122 cm³/mol. The van der Waals surface area contributed by atoms with E-state index in [0.717, 1.165) is 66.2 Å². The van der Waals surface area contributed by atoms with E-state index >= 15 is 0 Å². The van der Waals surface area contributed by atoms with E-state index in [0.29, 0.717) is 6.54 Å². The smallest absolute Gasteiger partial charge is 0.199 e. The molecular formula is C21H26N6OS2. The van der Waals surface area contributed by atoms with Gasteiger partial charge in [-0.25, -0.2) is 9.67 Å². The van der Waals surface area contributed by atoms with Gasteiger partial charge in [0, 0.05) is 50.2 Å². The molecule has 0 saturated carbocycles. The molecule has 0 unspecified atom stereocenters. The van der Waals surface area contributed by atoms with Gasteiger partial charge in [-0.05, 0) is 36.5 Å². The van der Waals surface area contributed by atoms with Crippen molar-refractivity contribution >= 4 is 23.6 Å². The van der Waals surface area contributed by atoms with Gasteiger partial charge >= 0.3 is 0 Å². The average molecular weight is 443 g/mol. The topological polar surface area (TPSA) is 51.4 Å². The summed E-state index contributed by atoms with van der Waals surface area (Å²) in [5.41, 5.74) is 2.26. The highest BCUT2D eigenvalue weighted by Gasteiger charge is 2.19. The normalized spacial score (nSPS) is 15.4. The second-order valence-electron chi connectivity index (χ2n) is 7.26. The molecule has 1 aliphatic rings. The van der Waals surface area contributed by atoms with E-state index in [1.807, 2.05) is 27.5 Å². The molecular weight excluding hydrogens is 416 g/mol. The van der Waals surface area contributed by atoms with Crippen LogP contribution >= 0.6 is 23.6 Å². The fourth-order valence-corrected chi connectivity index (χ4v) is 4.53. The Bertz CT molecular complexity index is 1030. The number of ether oxygens (including phenoxy) is 1. The molecule has 1 aliphatic heterocycles. The summed E-state index contributed by atoms with van der Waals surface area (Å²) in [5.74, 6) is 0.863. The van der Waals surface area contributed by atoms with E-state index in [1.165, 1.54) is 0 Å². The first-order valence-corrected chi connectivity index (χ1v) is 11.2. The largest absolute Gasteiger partial charge is 0.497 e. The number of methoxy groups -OCH3 is 1. The number of piperazine rings is 1. The quantitative estimate of drug-likeness (QED) is 0.393. The molecule has 1 saturated heterocycles. The van der Waals surface area contributed by atoms with Crippen molar-refractivity contribution in [2.24, 2.45) is 0 Å². The average Bonchev–Trinajstić information content (AvgIpc) is 3.38. The molecule has 4 rings (SSSR count). The van der Waals surface area contributed by atoms with Gasteiger partial charge in [-0.15, -0.1) is 17.9 Å². The van der Waals surface area contributed by atoms with Crippen molar-refractivity contribution in [1.29, 1.82) is 0 Å². The highest BCUT2D eigenvalue weighted by atomic mass is 32.1. The molecule has 30 heavy (non-hydrogen) atoms. The fraction of sp³-hybridized carbons (Fsp3) is 0.381.